The minimum Gasteiger partial charge on any atom is -0.506 e. The molecule has 1 aliphatic carbocycles. The minimum absolute atomic E-state index is 0.0203. The Bertz CT molecular complexity index is 471. The van der Waals surface area contributed by atoms with E-state index in [1.54, 1.807) is 18.2 Å². The molecule has 0 spiro atoms. The summed E-state index contributed by atoms with van der Waals surface area (Å²) >= 11 is 0. The van der Waals surface area contributed by atoms with Crippen molar-refractivity contribution in [1.29, 1.82) is 5.26 Å². The van der Waals surface area contributed by atoms with E-state index >= 15 is 0 Å². The lowest BCUT2D eigenvalue weighted by Gasteiger charge is -2.19. The van der Waals surface area contributed by atoms with Crippen LogP contribution in [0.25, 0.3) is 0 Å². The number of benzene rings is 1. The van der Waals surface area contributed by atoms with Crippen molar-refractivity contribution in [3.05, 3.63) is 24.3 Å². The maximum Gasteiger partial charge on any atom is 0.244 e. The number of para-hydroxylation sites is 2. The number of hydrogen-bond acceptors (Lipinski definition) is 3. The van der Waals surface area contributed by atoms with Gasteiger partial charge in [-0.1, -0.05) is 25.0 Å². The summed E-state index contributed by atoms with van der Waals surface area (Å²) in [6.07, 6.45) is 3.01. The number of carbonyl (C=O) groups excluding carboxylic acids is 1. The first-order valence-electron chi connectivity index (χ1n) is 5.69. The molecule has 0 bridgehead atoms. The Labute approximate surface area is 99.9 Å². The lowest BCUT2D eigenvalue weighted by atomic mass is 9.87. The molecule has 1 fully saturated rings. The zero-order chi connectivity index (χ0) is 12.3. The minimum atomic E-state index is -0.914. The van der Waals surface area contributed by atoms with Crippen molar-refractivity contribution < 1.29 is 9.90 Å². The number of amides is 1. The molecular formula is C13H14N2O2. The average Bonchev–Trinajstić information content (AvgIpc) is 2.82. The lowest BCUT2D eigenvalue weighted by molar-refractivity contribution is -0.122. The molecule has 1 aromatic carbocycles. The van der Waals surface area contributed by atoms with Gasteiger partial charge in [-0.2, -0.15) is 5.26 Å². The Morgan fingerprint density at radius 1 is 1.35 bits per heavy atom. The first kappa shape index (κ1) is 11.5. The van der Waals surface area contributed by atoms with Gasteiger partial charge in [-0.05, 0) is 25.0 Å². The fourth-order valence-corrected chi connectivity index (χ4v) is 2.19. The highest BCUT2D eigenvalue weighted by Crippen LogP contribution is 2.39. The van der Waals surface area contributed by atoms with E-state index in [2.05, 4.69) is 11.4 Å². The molecule has 1 aliphatic rings. The number of nitriles is 1. The Kier molecular flexibility index (Phi) is 3.01. The van der Waals surface area contributed by atoms with Crippen LogP contribution >= 0.6 is 0 Å². The van der Waals surface area contributed by atoms with E-state index in [-0.39, 0.29) is 11.7 Å². The highest BCUT2D eigenvalue weighted by molar-refractivity contribution is 5.98. The van der Waals surface area contributed by atoms with Crippen molar-refractivity contribution in [2.45, 2.75) is 25.7 Å². The number of phenols is 1. The topological polar surface area (TPSA) is 73.1 Å². The molecule has 0 aliphatic heterocycles. The summed E-state index contributed by atoms with van der Waals surface area (Å²) in [7, 11) is 0. The molecule has 2 rings (SSSR count). The zero-order valence-electron chi connectivity index (χ0n) is 9.44. The average molecular weight is 230 g/mol. The summed E-state index contributed by atoms with van der Waals surface area (Å²) < 4.78 is 0. The zero-order valence-corrected chi connectivity index (χ0v) is 9.44. The quantitative estimate of drug-likeness (QED) is 0.766. The van der Waals surface area contributed by atoms with E-state index in [4.69, 9.17) is 5.26 Å². The SMILES string of the molecule is N#CC1(C(=O)Nc2ccccc2O)CCCC1. The molecule has 0 aromatic heterocycles. The molecule has 88 valence electrons. The van der Waals surface area contributed by atoms with E-state index in [0.29, 0.717) is 18.5 Å². The van der Waals surface area contributed by atoms with Gasteiger partial charge in [0.15, 0.2) is 0 Å². The second-order valence-electron chi connectivity index (χ2n) is 4.37. The smallest absolute Gasteiger partial charge is 0.244 e. The van der Waals surface area contributed by atoms with Crippen molar-refractivity contribution in [3.63, 3.8) is 0 Å². The number of hydrogen-bond donors (Lipinski definition) is 2. The predicted octanol–water partition coefficient (Wildman–Crippen LogP) is 2.41. The van der Waals surface area contributed by atoms with Crippen LogP contribution in [0.15, 0.2) is 24.3 Å². The van der Waals surface area contributed by atoms with Crippen LogP contribution in [0.2, 0.25) is 0 Å². The van der Waals surface area contributed by atoms with Crippen molar-refractivity contribution in [3.8, 4) is 11.8 Å². The van der Waals surface area contributed by atoms with Gasteiger partial charge in [0.2, 0.25) is 5.91 Å². The van der Waals surface area contributed by atoms with Crippen LogP contribution in [-0.2, 0) is 4.79 Å². The van der Waals surface area contributed by atoms with Gasteiger partial charge in [0, 0.05) is 0 Å². The highest BCUT2D eigenvalue weighted by Gasteiger charge is 2.41. The summed E-state index contributed by atoms with van der Waals surface area (Å²) in [5, 5.41) is 21.4. The number of rotatable bonds is 2. The maximum atomic E-state index is 12.1. The van der Waals surface area contributed by atoms with Gasteiger partial charge in [0.25, 0.3) is 0 Å². The third-order valence-corrected chi connectivity index (χ3v) is 3.26. The summed E-state index contributed by atoms with van der Waals surface area (Å²) in [5.74, 6) is -0.286. The van der Waals surface area contributed by atoms with Crippen molar-refractivity contribution in [2.24, 2.45) is 5.41 Å². The van der Waals surface area contributed by atoms with E-state index in [1.807, 2.05) is 0 Å². The first-order chi connectivity index (χ1) is 8.18. The molecule has 17 heavy (non-hydrogen) atoms. The standard InChI is InChI=1S/C13H14N2O2/c14-9-13(7-3-4-8-13)12(17)15-10-5-1-2-6-11(10)16/h1-2,5-6,16H,3-4,7-8H2,(H,15,17). The second kappa shape index (κ2) is 4.46. The number of nitrogens with one attached hydrogen (secondary N) is 1. The molecule has 1 aromatic rings. The second-order valence-corrected chi connectivity index (χ2v) is 4.37. The van der Waals surface area contributed by atoms with Crippen LogP contribution in [0.4, 0.5) is 5.69 Å². The van der Waals surface area contributed by atoms with Crippen molar-refractivity contribution in [1.82, 2.24) is 0 Å². The highest BCUT2D eigenvalue weighted by atomic mass is 16.3. The Morgan fingerprint density at radius 2 is 2.00 bits per heavy atom. The third-order valence-electron chi connectivity index (χ3n) is 3.26. The molecule has 4 nitrogen and oxygen atoms in total. The number of anilines is 1. The van der Waals surface area contributed by atoms with Gasteiger partial charge in [-0.25, -0.2) is 0 Å². The third kappa shape index (κ3) is 2.09. The van der Waals surface area contributed by atoms with Crippen LogP contribution in [0.5, 0.6) is 5.75 Å². The number of nitrogens with zero attached hydrogens (tertiary/aromatic N) is 1. The van der Waals surface area contributed by atoms with Crippen molar-refractivity contribution >= 4 is 11.6 Å². The summed E-state index contributed by atoms with van der Waals surface area (Å²) in [4.78, 5) is 12.1. The number of aromatic hydroxyl groups is 1. The Morgan fingerprint density at radius 3 is 2.59 bits per heavy atom. The molecule has 0 unspecified atom stereocenters. The molecule has 2 N–H and O–H groups in total. The van der Waals surface area contributed by atoms with Crippen LogP contribution in [0.3, 0.4) is 0 Å². The summed E-state index contributed by atoms with van der Waals surface area (Å²) in [6.45, 7) is 0. The molecule has 1 saturated carbocycles. The largest absolute Gasteiger partial charge is 0.506 e. The maximum absolute atomic E-state index is 12.1. The fourth-order valence-electron chi connectivity index (χ4n) is 2.19. The summed E-state index contributed by atoms with van der Waals surface area (Å²) in [5.41, 5.74) is -0.554. The monoisotopic (exact) mass is 230 g/mol. The van der Waals surface area contributed by atoms with E-state index in [0.717, 1.165) is 12.8 Å². The van der Waals surface area contributed by atoms with Gasteiger partial charge in [0.1, 0.15) is 11.2 Å². The molecule has 0 radical (unpaired) electrons. The molecule has 4 heteroatoms. The molecule has 0 saturated heterocycles. The first-order valence-corrected chi connectivity index (χ1v) is 5.69. The van der Waals surface area contributed by atoms with Crippen LogP contribution in [0, 0.1) is 16.7 Å². The fraction of sp³-hybridized carbons (Fsp3) is 0.385. The van der Waals surface area contributed by atoms with Gasteiger partial charge in [-0.15, -0.1) is 0 Å². The lowest BCUT2D eigenvalue weighted by Crippen LogP contribution is -2.32. The predicted molar refractivity (Wildman–Crippen MR) is 63.3 cm³/mol. The Hall–Kier alpha value is -2.02. The Balaban J connectivity index is 2.17. The van der Waals surface area contributed by atoms with Crippen LogP contribution in [-0.4, -0.2) is 11.0 Å². The number of phenolic OH excluding ortho intramolecular Hbond substituents is 1. The van der Waals surface area contributed by atoms with Gasteiger partial charge >= 0.3 is 0 Å². The van der Waals surface area contributed by atoms with Crippen molar-refractivity contribution in [2.75, 3.05) is 5.32 Å². The van der Waals surface area contributed by atoms with Gasteiger partial charge in [-0.3, -0.25) is 4.79 Å². The molecule has 0 atom stereocenters. The van der Waals surface area contributed by atoms with E-state index in [1.165, 1.54) is 6.07 Å². The molecule has 1 amide bonds. The van der Waals surface area contributed by atoms with E-state index in [9.17, 15) is 9.90 Å². The molecule has 0 heterocycles. The van der Waals surface area contributed by atoms with E-state index < -0.39 is 5.41 Å². The molecular weight excluding hydrogens is 216 g/mol. The van der Waals surface area contributed by atoms with Gasteiger partial charge in [0.05, 0.1) is 11.8 Å². The van der Waals surface area contributed by atoms with Crippen LogP contribution < -0.4 is 5.32 Å². The summed E-state index contributed by atoms with van der Waals surface area (Å²) in [6, 6.07) is 8.65. The van der Waals surface area contributed by atoms with Gasteiger partial charge < -0.3 is 10.4 Å². The van der Waals surface area contributed by atoms with Crippen LogP contribution in [0.1, 0.15) is 25.7 Å². The number of carbonyl (C=O) groups is 1. The normalized spacial score (nSPS) is 17.4.